The molecule has 0 bridgehead atoms. The molecule has 1 atom stereocenters. The Balaban J connectivity index is 1.43. The second kappa shape index (κ2) is 7.34. The van der Waals surface area contributed by atoms with E-state index in [9.17, 15) is 9.90 Å². The second-order valence-corrected chi connectivity index (χ2v) is 6.87. The molecular formula is C19H24N4O2. The molecule has 1 saturated heterocycles. The Labute approximate surface area is 148 Å². The number of nitrogens with one attached hydrogen (secondary N) is 1. The third-order valence-corrected chi connectivity index (χ3v) is 4.86. The Morgan fingerprint density at radius 3 is 2.76 bits per heavy atom. The first-order chi connectivity index (χ1) is 12.1. The van der Waals surface area contributed by atoms with Gasteiger partial charge in [0.05, 0.1) is 0 Å². The van der Waals surface area contributed by atoms with Crippen LogP contribution in [-0.4, -0.2) is 46.8 Å². The Hall–Kier alpha value is -2.23. The zero-order chi connectivity index (χ0) is 17.8. The van der Waals surface area contributed by atoms with Crippen LogP contribution in [-0.2, 0) is 11.3 Å². The summed E-state index contributed by atoms with van der Waals surface area (Å²) in [4.78, 5) is 14.5. The molecule has 1 aromatic carbocycles. The predicted octanol–water partition coefficient (Wildman–Crippen LogP) is 1.71. The van der Waals surface area contributed by atoms with Crippen molar-refractivity contribution in [1.82, 2.24) is 10.2 Å². The van der Waals surface area contributed by atoms with E-state index in [1.54, 1.807) is 0 Å². The molecule has 0 spiro atoms. The van der Waals surface area contributed by atoms with Crippen molar-refractivity contribution in [2.75, 3.05) is 19.6 Å². The van der Waals surface area contributed by atoms with Gasteiger partial charge >= 0.3 is 0 Å². The maximum absolute atomic E-state index is 12.4. The lowest BCUT2D eigenvalue weighted by Crippen LogP contribution is -2.49. The highest BCUT2D eigenvalue weighted by Gasteiger charge is 2.43. The minimum absolute atomic E-state index is 0.309. The number of likely N-dealkylation sites (tertiary alicyclic amines) is 1. The van der Waals surface area contributed by atoms with Crippen LogP contribution < -0.4 is 5.32 Å². The van der Waals surface area contributed by atoms with Crippen LogP contribution in [0.5, 0.6) is 0 Å². The van der Waals surface area contributed by atoms with E-state index in [0.29, 0.717) is 45.3 Å². The van der Waals surface area contributed by atoms with Gasteiger partial charge in [-0.3, -0.25) is 9.69 Å². The quantitative estimate of drug-likeness (QED) is 0.707. The number of β-amino-alcohol motifs (C(OH)–C–C–N with tert-alkyl or cyclic N) is 1. The zero-order valence-corrected chi connectivity index (χ0v) is 14.3. The Morgan fingerprint density at radius 1 is 1.32 bits per heavy atom. The standard InChI is InChI=1S/C19H24N4O2/c1-2-3-9-19(21-22-19)10-12-20-17(24)18(25)11-13-23(15-18)14-16-7-5-4-6-8-16/h1,4-8,25H,3,9-15H2,(H,20,24). The summed E-state index contributed by atoms with van der Waals surface area (Å²) in [6.07, 6.45) is 7.69. The topological polar surface area (TPSA) is 77.3 Å². The molecule has 1 aromatic rings. The molecule has 0 aliphatic carbocycles. The molecule has 1 amide bonds. The van der Waals surface area contributed by atoms with Gasteiger partial charge in [0, 0.05) is 45.4 Å². The smallest absolute Gasteiger partial charge is 0.253 e. The first-order valence-electron chi connectivity index (χ1n) is 8.70. The number of hydrogen-bond acceptors (Lipinski definition) is 5. The number of carbonyl (C=O) groups excluding carboxylic acids is 1. The summed E-state index contributed by atoms with van der Waals surface area (Å²) < 4.78 is 0. The lowest BCUT2D eigenvalue weighted by molar-refractivity contribution is -0.138. The van der Waals surface area contributed by atoms with E-state index >= 15 is 0 Å². The molecule has 132 valence electrons. The molecule has 25 heavy (non-hydrogen) atoms. The molecule has 1 unspecified atom stereocenters. The van der Waals surface area contributed by atoms with Crippen molar-refractivity contribution in [2.24, 2.45) is 10.2 Å². The fraction of sp³-hybridized carbons (Fsp3) is 0.526. The van der Waals surface area contributed by atoms with E-state index in [2.05, 4.69) is 38.5 Å². The van der Waals surface area contributed by atoms with Crippen molar-refractivity contribution in [3.8, 4) is 12.3 Å². The Bertz CT molecular complexity index is 676. The van der Waals surface area contributed by atoms with Gasteiger partial charge in [-0.15, -0.1) is 12.3 Å². The highest BCUT2D eigenvalue weighted by Crippen LogP contribution is 2.36. The summed E-state index contributed by atoms with van der Waals surface area (Å²) in [5, 5.41) is 21.6. The van der Waals surface area contributed by atoms with Gasteiger partial charge in [-0.2, -0.15) is 10.2 Å². The van der Waals surface area contributed by atoms with Gasteiger partial charge in [0.15, 0.2) is 11.3 Å². The number of hydrogen-bond donors (Lipinski definition) is 2. The minimum Gasteiger partial charge on any atom is -0.379 e. The van der Waals surface area contributed by atoms with E-state index in [1.165, 1.54) is 5.56 Å². The van der Waals surface area contributed by atoms with Crippen LogP contribution in [0.3, 0.4) is 0 Å². The van der Waals surface area contributed by atoms with Crippen molar-refractivity contribution in [1.29, 1.82) is 0 Å². The van der Waals surface area contributed by atoms with Crippen molar-refractivity contribution >= 4 is 5.91 Å². The summed E-state index contributed by atoms with van der Waals surface area (Å²) in [6.45, 7) is 2.24. The number of amides is 1. The maximum Gasteiger partial charge on any atom is 0.253 e. The summed E-state index contributed by atoms with van der Waals surface area (Å²) in [5.74, 6) is 2.28. The summed E-state index contributed by atoms with van der Waals surface area (Å²) >= 11 is 0. The van der Waals surface area contributed by atoms with Crippen LogP contribution in [0, 0.1) is 12.3 Å². The fourth-order valence-corrected chi connectivity index (χ4v) is 3.24. The number of benzene rings is 1. The first kappa shape index (κ1) is 17.6. The minimum atomic E-state index is -1.32. The lowest BCUT2D eigenvalue weighted by Gasteiger charge is -2.23. The molecule has 6 nitrogen and oxygen atoms in total. The van der Waals surface area contributed by atoms with Gasteiger partial charge in [-0.1, -0.05) is 30.3 Å². The van der Waals surface area contributed by atoms with Gasteiger partial charge in [0.2, 0.25) is 0 Å². The maximum atomic E-state index is 12.4. The summed E-state index contributed by atoms with van der Waals surface area (Å²) in [5.41, 5.74) is -0.546. The molecule has 1 fully saturated rings. The molecule has 2 aliphatic rings. The van der Waals surface area contributed by atoms with Gasteiger partial charge < -0.3 is 10.4 Å². The predicted molar refractivity (Wildman–Crippen MR) is 94.6 cm³/mol. The third kappa shape index (κ3) is 4.44. The number of terminal acetylenes is 1. The van der Waals surface area contributed by atoms with Gasteiger partial charge in [0.1, 0.15) is 0 Å². The highest BCUT2D eigenvalue weighted by molar-refractivity contribution is 5.85. The van der Waals surface area contributed by atoms with Gasteiger partial charge in [0.25, 0.3) is 5.91 Å². The molecule has 6 heteroatoms. The molecule has 0 aromatic heterocycles. The second-order valence-electron chi connectivity index (χ2n) is 6.87. The van der Waals surface area contributed by atoms with Crippen LogP contribution in [0.4, 0.5) is 0 Å². The number of nitrogens with zero attached hydrogens (tertiary/aromatic N) is 3. The van der Waals surface area contributed by atoms with Gasteiger partial charge in [-0.05, 0) is 12.0 Å². The summed E-state index contributed by atoms with van der Waals surface area (Å²) in [6, 6.07) is 10.1. The van der Waals surface area contributed by atoms with Crippen molar-refractivity contribution < 1.29 is 9.90 Å². The molecule has 2 N–H and O–H groups in total. The van der Waals surface area contributed by atoms with E-state index in [0.717, 1.165) is 6.54 Å². The lowest BCUT2D eigenvalue weighted by atomic mass is 10.0. The molecule has 2 aliphatic heterocycles. The average Bonchev–Trinajstić information content (AvgIpc) is 3.29. The first-order valence-corrected chi connectivity index (χ1v) is 8.70. The van der Waals surface area contributed by atoms with E-state index in [1.807, 2.05) is 18.2 Å². The fourth-order valence-electron chi connectivity index (χ4n) is 3.24. The molecule has 3 rings (SSSR count). The van der Waals surface area contributed by atoms with Crippen LogP contribution in [0.15, 0.2) is 40.6 Å². The number of aliphatic hydroxyl groups is 1. The highest BCUT2D eigenvalue weighted by atomic mass is 16.3. The van der Waals surface area contributed by atoms with Crippen LogP contribution in [0.2, 0.25) is 0 Å². The SMILES string of the molecule is C#CCCC1(CCNC(=O)C2(O)CCN(Cc3ccccc3)C2)N=N1. The van der Waals surface area contributed by atoms with E-state index in [4.69, 9.17) is 6.42 Å². The monoisotopic (exact) mass is 340 g/mol. The van der Waals surface area contributed by atoms with E-state index in [-0.39, 0.29) is 5.91 Å². The largest absolute Gasteiger partial charge is 0.379 e. The van der Waals surface area contributed by atoms with Crippen LogP contribution in [0.1, 0.15) is 31.2 Å². The number of rotatable bonds is 8. The Morgan fingerprint density at radius 2 is 2.08 bits per heavy atom. The molecular weight excluding hydrogens is 316 g/mol. The van der Waals surface area contributed by atoms with Gasteiger partial charge in [-0.25, -0.2) is 0 Å². The normalized spacial score (nSPS) is 24.0. The van der Waals surface area contributed by atoms with Crippen LogP contribution in [0.25, 0.3) is 0 Å². The molecule has 2 heterocycles. The van der Waals surface area contributed by atoms with Crippen LogP contribution >= 0.6 is 0 Å². The third-order valence-electron chi connectivity index (χ3n) is 4.86. The molecule has 0 radical (unpaired) electrons. The van der Waals surface area contributed by atoms with Crippen molar-refractivity contribution in [3.63, 3.8) is 0 Å². The number of carbonyl (C=O) groups is 1. The average molecular weight is 340 g/mol. The van der Waals surface area contributed by atoms with Crippen molar-refractivity contribution in [2.45, 2.75) is 43.5 Å². The summed E-state index contributed by atoms with van der Waals surface area (Å²) in [7, 11) is 0. The zero-order valence-electron chi connectivity index (χ0n) is 14.3. The van der Waals surface area contributed by atoms with Crippen molar-refractivity contribution in [3.05, 3.63) is 35.9 Å². The van der Waals surface area contributed by atoms with E-state index < -0.39 is 11.3 Å². The molecule has 0 saturated carbocycles. The Kier molecular flexibility index (Phi) is 5.16.